The van der Waals surface area contributed by atoms with E-state index in [-0.39, 0.29) is 5.56 Å². The van der Waals surface area contributed by atoms with E-state index in [1.807, 2.05) is 0 Å². The summed E-state index contributed by atoms with van der Waals surface area (Å²) in [5, 5.41) is -14.7. The van der Waals surface area contributed by atoms with Crippen molar-refractivity contribution in [2.45, 2.75) is 28.4 Å². The molecule has 10 nitrogen and oxygen atoms in total. The van der Waals surface area contributed by atoms with Crippen molar-refractivity contribution < 1.29 is 78.5 Å². The van der Waals surface area contributed by atoms with Gasteiger partial charge in [-0.15, -0.1) is 0 Å². The lowest BCUT2D eigenvalue weighted by Gasteiger charge is -2.31. The number of rotatable bonds is 12. The Morgan fingerprint density at radius 2 is 1.27 bits per heavy atom. The summed E-state index contributed by atoms with van der Waals surface area (Å²) in [6.07, 6.45) is 0.00218. The number of alkyl halides is 9. The van der Waals surface area contributed by atoms with Gasteiger partial charge in [0, 0.05) is 5.56 Å². The number of nitrogens with one attached hydrogen (secondary N) is 1. The molecule has 0 radical (unpaired) electrons. The van der Waals surface area contributed by atoms with E-state index in [9.17, 15) is 74.4 Å². The maximum absolute atomic E-state index is 14.0. The summed E-state index contributed by atoms with van der Waals surface area (Å²) < 4.78 is 190. The van der Waals surface area contributed by atoms with Crippen LogP contribution in [0.1, 0.15) is 16.8 Å². The van der Waals surface area contributed by atoms with Gasteiger partial charge in [-0.1, -0.05) is 10.7 Å². The molecule has 1 aromatic carbocycles. The van der Waals surface area contributed by atoms with E-state index < -0.39 is 80.0 Å². The molecule has 1 N–H and O–H groups in total. The fraction of sp³-hybridized carbons (Fsp3) is 0.333. The molecule has 0 saturated heterocycles. The topological polar surface area (TPSA) is 158 Å². The van der Waals surface area contributed by atoms with Gasteiger partial charge in [0.2, 0.25) is 0 Å². The molecule has 0 heterocycles. The van der Waals surface area contributed by atoms with Crippen LogP contribution in [0, 0.1) is 0 Å². The third-order valence-corrected chi connectivity index (χ3v) is 8.44. The van der Waals surface area contributed by atoms with Gasteiger partial charge >= 0.3 is 42.1 Å². The first-order valence-corrected chi connectivity index (χ1v) is 12.9. The molecular formula is C15H10F9NO9S3. The number of ketones is 2. The smallest absolute Gasteiger partial charge is 0.378 e. The zero-order valence-electron chi connectivity index (χ0n) is 17.1. The van der Waals surface area contributed by atoms with Gasteiger partial charge in [0.25, 0.3) is 10.0 Å². The molecule has 37 heavy (non-hydrogen) atoms. The molecule has 0 bridgehead atoms. The maximum Gasteiger partial charge on any atom is 0.512 e. The number of allylic oxidation sites excluding steroid dienone is 1. The van der Waals surface area contributed by atoms with Crippen LogP contribution >= 0.6 is 0 Å². The predicted octanol–water partition coefficient (Wildman–Crippen LogP) is 2.31. The van der Waals surface area contributed by atoms with Crippen LogP contribution in [-0.4, -0.2) is 58.8 Å². The minimum Gasteiger partial charge on any atom is -0.378 e. The Bertz CT molecular complexity index is 1400. The van der Waals surface area contributed by atoms with Gasteiger partial charge in [0.1, 0.15) is 5.75 Å². The van der Waals surface area contributed by atoms with Crippen LogP contribution in [0.25, 0.3) is 0 Å². The molecule has 0 aliphatic carbocycles. The Hall–Kier alpha value is -2.72. The average molecular weight is 615 g/mol. The molecule has 0 unspecified atom stereocenters. The molecule has 0 aliphatic heterocycles. The molecular weight excluding hydrogens is 605 g/mol. The summed E-state index contributed by atoms with van der Waals surface area (Å²) in [4.78, 5) is 22.9. The second kappa shape index (κ2) is 9.87. The number of hydrogen-bond acceptors (Lipinski definition) is 9. The molecule has 22 heteroatoms. The third kappa shape index (κ3) is 6.06. The van der Waals surface area contributed by atoms with Gasteiger partial charge in [0.05, 0.1) is 6.42 Å². The van der Waals surface area contributed by atoms with E-state index in [2.05, 4.69) is 10.8 Å². The normalized spacial score (nSPS) is 14.2. The van der Waals surface area contributed by atoms with E-state index in [4.69, 9.17) is 0 Å². The number of hydrogen-bond donors (Lipinski definition) is 1. The van der Waals surface area contributed by atoms with Crippen LogP contribution in [-0.2, 0) is 35.0 Å². The SMILES string of the molecule is C=CC(=O)CC(=O)c1ccc(OS(=O)(=O)C(F)(F)C(F)(F)C(F)(F)S(=O)(=O)NS(=O)(=O)C(F)(F)F)cc1. The van der Waals surface area contributed by atoms with Crippen molar-refractivity contribution in [3.63, 3.8) is 0 Å². The lowest BCUT2D eigenvalue weighted by atomic mass is 10.1. The van der Waals surface area contributed by atoms with Gasteiger partial charge < -0.3 is 4.18 Å². The van der Waals surface area contributed by atoms with Crippen molar-refractivity contribution in [1.82, 2.24) is 4.13 Å². The first-order chi connectivity index (χ1) is 16.3. The quantitative estimate of drug-likeness (QED) is 0.123. The number of Topliss-reactive ketones (excluding diaryl/α,β-unsaturated/α-hetero) is 1. The average Bonchev–Trinajstić information content (AvgIpc) is 2.71. The van der Waals surface area contributed by atoms with E-state index in [1.54, 1.807) is 0 Å². The number of benzene rings is 1. The Morgan fingerprint density at radius 1 is 0.811 bits per heavy atom. The van der Waals surface area contributed by atoms with Crippen molar-refractivity contribution in [2.24, 2.45) is 0 Å². The number of halogens is 9. The predicted molar refractivity (Wildman–Crippen MR) is 102 cm³/mol. The van der Waals surface area contributed by atoms with Crippen LogP contribution < -0.4 is 8.31 Å². The highest BCUT2D eigenvalue weighted by Crippen LogP contribution is 2.51. The van der Waals surface area contributed by atoms with Crippen molar-refractivity contribution in [3.05, 3.63) is 42.5 Å². The Balaban J connectivity index is 3.37. The van der Waals surface area contributed by atoms with Crippen LogP contribution in [0.15, 0.2) is 36.9 Å². The second-order valence-electron chi connectivity index (χ2n) is 6.48. The van der Waals surface area contributed by atoms with E-state index in [0.717, 1.165) is 6.08 Å². The molecule has 1 aromatic rings. The summed E-state index contributed by atoms with van der Waals surface area (Å²) in [7, 11) is -22.6. The molecule has 0 fully saturated rings. The Kier molecular flexibility index (Phi) is 8.62. The minimum absolute atomic E-state index is 0.351. The molecule has 0 amide bonds. The summed E-state index contributed by atoms with van der Waals surface area (Å²) in [6, 6.07) is 1.93. The molecule has 0 aliphatic rings. The van der Waals surface area contributed by atoms with Gasteiger partial charge in [0.15, 0.2) is 11.6 Å². The Labute approximate surface area is 201 Å². The fourth-order valence-electron chi connectivity index (χ4n) is 1.95. The maximum atomic E-state index is 14.0. The van der Waals surface area contributed by atoms with E-state index in [0.29, 0.717) is 24.3 Å². The van der Waals surface area contributed by atoms with Crippen molar-refractivity contribution in [1.29, 1.82) is 0 Å². The Morgan fingerprint density at radius 3 is 1.68 bits per heavy atom. The summed E-state index contributed by atoms with van der Waals surface area (Å²) in [5.74, 6) is -10.7. The molecule has 1 rings (SSSR count). The number of sulfonamides is 2. The van der Waals surface area contributed by atoms with E-state index >= 15 is 0 Å². The molecule has 0 atom stereocenters. The summed E-state index contributed by atoms with van der Waals surface area (Å²) in [5.41, 5.74) is -7.08. The van der Waals surface area contributed by atoms with Gasteiger partial charge in [-0.05, 0) is 30.3 Å². The van der Waals surface area contributed by atoms with Crippen molar-refractivity contribution in [3.8, 4) is 5.75 Å². The molecule has 0 spiro atoms. The largest absolute Gasteiger partial charge is 0.512 e. The standard InChI is InChI=1S/C15H10F9NO9S3/c1-2-9(26)7-11(27)8-3-5-10(6-4-8)34-37(32,33)14(20,21)12(16,17)13(18,19)35(28,29)25-36(30,31)15(22,23)24/h2-6,25H,1,7H2. The van der Waals surface area contributed by atoms with Crippen LogP contribution in [0.2, 0.25) is 0 Å². The fourth-order valence-corrected chi connectivity index (χ4v) is 5.34. The zero-order valence-corrected chi connectivity index (χ0v) is 19.6. The first-order valence-electron chi connectivity index (χ1n) is 8.48. The third-order valence-electron chi connectivity index (χ3n) is 3.85. The zero-order chi connectivity index (χ0) is 29.5. The first kappa shape index (κ1) is 32.3. The number of carbonyl (C=O) groups is 2. The molecule has 0 saturated carbocycles. The van der Waals surface area contributed by atoms with Crippen LogP contribution in [0.5, 0.6) is 5.75 Å². The number of carbonyl (C=O) groups excluding carboxylic acids is 2. The molecule has 210 valence electrons. The lowest BCUT2D eigenvalue weighted by Crippen LogP contribution is -2.64. The molecule has 0 aromatic heterocycles. The van der Waals surface area contributed by atoms with Crippen molar-refractivity contribution in [2.75, 3.05) is 0 Å². The highest BCUT2D eigenvalue weighted by atomic mass is 32.3. The van der Waals surface area contributed by atoms with Gasteiger partial charge in [-0.2, -0.15) is 47.9 Å². The van der Waals surface area contributed by atoms with Gasteiger partial charge in [-0.3, -0.25) is 9.59 Å². The van der Waals surface area contributed by atoms with Gasteiger partial charge in [-0.25, -0.2) is 16.8 Å². The second-order valence-corrected chi connectivity index (χ2v) is 11.7. The lowest BCUT2D eigenvalue weighted by molar-refractivity contribution is -0.245. The van der Waals surface area contributed by atoms with E-state index in [1.165, 1.54) is 0 Å². The van der Waals surface area contributed by atoms with Crippen LogP contribution in [0.4, 0.5) is 39.5 Å². The monoisotopic (exact) mass is 615 g/mol. The highest BCUT2D eigenvalue weighted by Gasteiger charge is 2.83. The highest BCUT2D eigenvalue weighted by molar-refractivity contribution is 8.05. The minimum atomic E-state index is -7.92. The van der Waals surface area contributed by atoms with Crippen LogP contribution in [0.3, 0.4) is 0 Å². The summed E-state index contributed by atoms with van der Waals surface area (Å²) >= 11 is 0. The summed E-state index contributed by atoms with van der Waals surface area (Å²) in [6.45, 7) is 3.07. The van der Waals surface area contributed by atoms with Crippen molar-refractivity contribution >= 4 is 41.7 Å².